The summed E-state index contributed by atoms with van der Waals surface area (Å²) in [7, 11) is 0. The average molecular weight is 1120 g/mol. The fourth-order valence-electron chi connectivity index (χ4n) is 8.64. The molecular weight excluding hydrogens is 1070 g/mol. The van der Waals surface area contributed by atoms with Gasteiger partial charge in [0.1, 0.15) is 50.3 Å². The Kier molecular flexibility index (Phi) is 19.1. The number of hydrogen-bond acceptors (Lipinski definition) is 9. The average Bonchev–Trinajstić information content (AvgIpc) is 3.82. The number of carbonyl (C=O) groups is 3. The lowest BCUT2D eigenvalue weighted by atomic mass is 10.00. The van der Waals surface area contributed by atoms with Crippen LogP contribution in [0.2, 0.25) is 0 Å². The van der Waals surface area contributed by atoms with Gasteiger partial charge in [-0.15, -0.1) is 0 Å². The first kappa shape index (κ1) is 59.2. The molecule has 0 saturated carbocycles. The lowest BCUT2D eigenvalue weighted by Gasteiger charge is -2.26. The number of alkyl halides is 12. The zero-order valence-corrected chi connectivity index (χ0v) is 42.5. The molecule has 0 aliphatic carbocycles. The number of morpholine rings is 2. The number of aryl methyl sites for hydroxylation is 2. The van der Waals surface area contributed by atoms with Crippen molar-refractivity contribution < 1.29 is 76.5 Å². The van der Waals surface area contributed by atoms with Crippen molar-refractivity contribution in [2.24, 2.45) is 0 Å². The minimum Gasteiger partial charge on any atom is -0.370 e. The second kappa shape index (κ2) is 25.5. The van der Waals surface area contributed by atoms with E-state index >= 15 is 0 Å². The smallest absolute Gasteiger partial charge is 0.370 e. The van der Waals surface area contributed by atoms with Crippen LogP contribution >= 0.6 is 0 Å². The number of halogens is 12. The molecule has 12 nitrogen and oxygen atoms in total. The molecule has 420 valence electrons. The molecule has 2 aromatic carbocycles. The molecule has 3 aliphatic rings. The Morgan fingerprint density at radius 3 is 1.34 bits per heavy atom. The van der Waals surface area contributed by atoms with Crippen molar-refractivity contribution >= 4 is 17.7 Å². The Labute approximate surface area is 445 Å². The maximum atomic E-state index is 13.4. The number of amides is 3. The quantitative estimate of drug-likeness (QED) is 0.110. The minimum atomic E-state index is -4.61. The number of pyridine rings is 4. The van der Waals surface area contributed by atoms with Crippen molar-refractivity contribution in [3.05, 3.63) is 153 Å². The third-order valence-electron chi connectivity index (χ3n) is 12.9. The van der Waals surface area contributed by atoms with Gasteiger partial charge in [0.05, 0.1) is 42.5 Å². The highest BCUT2D eigenvalue weighted by Gasteiger charge is 2.36. The number of hydrogen-bond donors (Lipinski definition) is 0. The largest absolute Gasteiger partial charge is 0.433 e. The summed E-state index contributed by atoms with van der Waals surface area (Å²) in [5.41, 5.74) is 0.817. The van der Waals surface area contributed by atoms with Crippen molar-refractivity contribution in [1.82, 2.24) is 34.6 Å². The molecule has 24 heteroatoms. The Bertz CT molecular complexity index is 3100. The van der Waals surface area contributed by atoms with E-state index in [4.69, 9.17) is 9.47 Å². The number of aromatic nitrogens is 4. The topological polar surface area (TPSA) is 131 Å². The van der Waals surface area contributed by atoms with Crippen LogP contribution in [-0.4, -0.2) is 98.4 Å². The van der Waals surface area contributed by atoms with Gasteiger partial charge < -0.3 is 24.2 Å². The Morgan fingerprint density at radius 2 is 0.937 bits per heavy atom. The standard InChI is InChI=1S/C19H18F4N2O2.C18H17F4N3O.C18H16F4N2O2/c1-12-8-16(19(21,22)23)24-18(15(12)9-20)14-4-2-13(3-5-14)10-25-6-7-27-11-17(25)26;1-11-7-15(18(20,21)22)24-17(14(11)8-19)12-4-5-13(23-9-12)10-25-6-2-3-16(25)26;19-9-14-5-6-15(18(20,21)22)23-17(14)13-3-1-12(2-4-13)10-24-7-8-26-11-16(24)25/h2-5,8H,6-7,9-11H2,1H3;4-5,7,9H,2-3,6,8,10H2,1H3;1-6H,7-11H2. The van der Waals surface area contributed by atoms with Gasteiger partial charge in [-0.25, -0.2) is 28.1 Å². The number of likely N-dealkylation sites (tertiary alicyclic amines) is 1. The third-order valence-corrected chi connectivity index (χ3v) is 12.9. The molecule has 9 rings (SSSR count). The van der Waals surface area contributed by atoms with E-state index in [9.17, 15) is 67.1 Å². The Balaban J connectivity index is 0.000000172. The molecular formula is C55H51F12N7O5. The number of rotatable bonds is 12. The fourth-order valence-corrected chi connectivity index (χ4v) is 8.64. The molecule has 0 radical (unpaired) electrons. The highest BCUT2D eigenvalue weighted by molar-refractivity contribution is 5.79. The third kappa shape index (κ3) is 15.2. The van der Waals surface area contributed by atoms with E-state index in [0.29, 0.717) is 81.3 Å². The van der Waals surface area contributed by atoms with E-state index in [1.54, 1.807) is 75.4 Å². The SMILES string of the molecule is Cc1cc(C(F)(F)F)nc(-c2ccc(CN3CCCC3=O)nc2)c1CF.Cc1cc(C(F)(F)F)nc(-c2ccc(CN3CCOCC3=O)cc2)c1CF.O=C1COCCN1Cc1ccc(-c2nc(C(F)(F)F)ccc2CF)cc1. The molecule has 0 atom stereocenters. The van der Waals surface area contributed by atoms with Gasteiger partial charge in [0.25, 0.3) is 0 Å². The van der Waals surface area contributed by atoms with Gasteiger partial charge in [-0.1, -0.05) is 54.6 Å². The number of benzene rings is 2. The van der Waals surface area contributed by atoms with Crippen LogP contribution in [0.15, 0.2) is 91.1 Å². The van der Waals surface area contributed by atoms with Crippen LogP contribution in [0.4, 0.5) is 52.7 Å². The first-order chi connectivity index (χ1) is 37.5. The summed E-state index contributed by atoms with van der Waals surface area (Å²) < 4.78 is 167. The van der Waals surface area contributed by atoms with Crippen molar-refractivity contribution in [2.75, 3.05) is 46.1 Å². The zero-order valence-electron chi connectivity index (χ0n) is 42.5. The maximum Gasteiger partial charge on any atom is 0.433 e. The molecule has 6 aromatic rings. The van der Waals surface area contributed by atoms with Crippen LogP contribution in [-0.2, 0) is 82.0 Å². The first-order valence-corrected chi connectivity index (χ1v) is 24.5. The van der Waals surface area contributed by atoms with Crippen LogP contribution < -0.4 is 0 Å². The van der Waals surface area contributed by atoms with Crippen molar-refractivity contribution in [3.8, 4) is 33.8 Å². The normalized spacial score (nSPS) is 15.2. The molecule has 3 saturated heterocycles. The molecule has 3 amide bonds. The second-order valence-corrected chi connectivity index (χ2v) is 18.5. The van der Waals surface area contributed by atoms with Gasteiger partial charge in [-0.3, -0.25) is 19.4 Å². The summed E-state index contributed by atoms with van der Waals surface area (Å²) in [5.74, 6) is -0.162. The lowest BCUT2D eigenvalue weighted by Crippen LogP contribution is -2.40. The summed E-state index contributed by atoms with van der Waals surface area (Å²) in [6.07, 6.45) is -11.1. The fraction of sp³-hybridized carbons (Fsp3) is 0.364. The van der Waals surface area contributed by atoms with Crippen LogP contribution in [0.3, 0.4) is 0 Å². The molecule has 79 heavy (non-hydrogen) atoms. The predicted octanol–water partition coefficient (Wildman–Crippen LogP) is 11.6. The predicted molar refractivity (Wildman–Crippen MR) is 263 cm³/mol. The summed E-state index contributed by atoms with van der Waals surface area (Å²) in [6, 6.07) is 19.9. The maximum absolute atomic E-state index is 13.4. The van der Waals surface area contributed by atoms with Crippen molar-refractivity contribution in [2.45, 2.75) is 84.9 Å². The van der Waals surface area contributed by atoms with Crippen LogP contribution in [0.25, 0.3) is 33.8 Å². The Morgan fingerprint density at radius 1 is 0.494 bits per heavy atom. The number of ether oxygens (including phenoxy) is 2. The van der Waals surface area contributed by atoms with Crippen LogP contribution in [0.1, 0.15) is 74.6 Å². The van der Waals surface area contributed by atoms with E-state index in [1.807, 2.05) is 0 Å². The van der Waals surface area contributed by atoms with Crippen molar-refractivity contribution in [3.63, 3.8) is 0 Å². The highest BCUT2D eigenvalue weighted by Crippen LogP contribution is 2.36. The van der Waals surface area contributed by atoms with Gasteiger partial charge in [0.2, 0.25) is 17.7 Å². The van der Waals surface area contributed by atoms with Crippen molar-refractivity contribution in [1.29, 1.82) is 0 Å². The molecule has 3 fully saturated rings. The molecule has 0 N–H and O–H groups in total. The van der Waals surface area contributed by atoms with Gasteiger partial charge in [-0.05, 0) is 72.9 Å². The van der Waals surface area contributed by atoms with Crippen LogP contribution in [0, 0.1) is 13.8 Å². The summed E-state index contributed by atoms with van der Waals surface area (Å²) in [5, 5.41) is 0. The van der Waals surface area contributed by atoms with E-state index in [-0.39, 0.29) is 75.8 Å². The van der Waals surface area contributed by atoms with E-state index < -0.39 is 55.6 Å². The molecule has 3 aliphatic heterocycles. The summed E-state index contributed by atoms with van der Waals surface area (Å²) in [4.78, 5) is 55.3. The van der Waals surface area contributed by atoms with Gasteiger partial charge in [0, 0.05) is 78.7 Å². The van der Waals surface area contributed by atoms with Gasteiger partial charge >= 0.3 is 18.5 Å². The van der Waals surface area contributed by atoms with E-state index in [2.05, 4.69) is 19.9 Å². The van der Waals surface area contributed by atoms with E-state index in [1.165, 1.54) is 20.0 Å². The number of nitrogens with zero attached hydrogens (tertiary/aromatic N) is 7. The second-order valence-electron chi connectivity index (χ2n) is 18.5. The highest BCUT2D eigenvalue weighted by atomic mass is 19.4. The monoisotopic (exact) mass is 1120 g/mol. The molecule has 0 bridgehead atoms. The first-order valence-electron chi connectivity index (χ1n) is 24.5. The Hall–Kier alpha value is -7.47. The molecule has 7 heterocycles. The van der Waals surface area contributed by atoms with Crippen LogP contribution in [0.5, 0.6) is 0 Å². The van der Waals surface area contributed by atoms with Gasteiger partial charge in [-0.2, -0.15) is 39.5 Å². The lowest BCUT2D eigenvalue weighted by molar-refractivity contribution is -0.144. The van der Waals surface area contributed by atoms with E-state index in [0.717, 1.165) is 41.8 Å². The molecule has 0 unspecified atom stereocenters. The molecule has 0 spiro atoms. The minimum absolute atomic E-state index is 0.0150. The summed E-state index contributed by atoms with van der Waals surface area (Å²) >= 11 is 0. The number of carbonyl (C=O) groups excluding carboxylic acids is 3. The zero-order chi connectivity index (χ0) is 57.2. The summed E-state index contributed by atoms with van der Waals surface area (Å²) in [6.45, 7) is 3.92. The molecule has 4 aromatic heterocycles. The van der Waals surface area contributed by atoms with Gasteiger partial charge in [0.15, 0.2) is 0 Å².